The van der Waals surface area contributed by atoms with E-state index in [-0.39, 0.29) is 10.8 Å². The van der Waals surface area contributed by atoms with Crippen molar-refractivity contribution >= 4 is 48.7 Å². The molecule has 7 nitrogen and oxygen atoms in total. The Labute approximate surface area is 166 Å². The molecule has 9 heteroatoms. The summed E-state index contributed by atoms with van der Waals surface area (Å²) < 4.78 is 33.1. The molecule has 146 valence electrons. The molecule has 1 fully saturated rings. The molecule has 0 unspecified atom stereocenters. The summed E-state index contributed by atoms with van der Waals surface area (Å²) in [6.45, 7) is 1.12. The van der Waals surface area contributed by atoms with Crippen LogP contribution >= 0.6 is 11.3 Å². The number of piperidine rings is 1. The lowest BCUT2D eigenvalue weighted by molar-refractivity contribution is -0.111. The van der Waals surface area contributed by atoms with Gasteiger partial charge in [0.25, 0.3) is 0 Å². The van der Waals surface area contributed by atoms with Gasteiger partial charge in [-0.05, 0) is 49.2 Å². The second kappa shape index (κ2) is 7.86. The first-order valence-corrected chi connectivity index (χ1v) is 11.2. The molecule has 1 N–H and O–H groups in total. The summed E-state index contributed by atoms with van der Waals surface area (Å²) in [4.78, 5) is 16.7. The van der Waals surface area contributed by atoms with Crippen LogP contribution in [0, 0.1) is 0 Å². The molecule has 0 atom stereocenters. The van der Waals surface area contributed by atoms with Crippen molar-refractivity contribution in [3.05, 3.63) is 48.4 Å². The van der Waals surface area contributed by atoms with Gasteiger partial charge in [0.1, 0.15) is 5.76 Å². The number of fused-ring (bicyclic) bond motifs is 1. The summed E-state index contributed by atoms with van der Waals surface area (Å²) in [5.41, 5.74) is 0.646. The van der Waals surface area contributed by atoms with Crippen LogP contribution in [0.1, 0.15) is 25.0 Å². The molecule has 2 aromatic heterocycles. The average molecular weight is 418 g/mol. The molecule has 1 saturated heterocycles. The Kier molecular flexibility index (Phi) is 5.29. The number of hydrogen-bond donors (Lipinski definition) is 1. The smallest absolute Gasteiger partial charge is 0.250 e. The zero-order chi connectivity index (χ0) is 19.6. The monoisotopic (exact) mass is 417 g/mol. The number of aromatic nitrogens is 1. The molecular weight excluding hydrogens is 398 g/mol. The van der Waals surface area contributed by atoms with Gasteiger partial charge in [0.2, 0.25) is 15.9 Å². The van der Waals surface area contributed by atoms with E-state index in [1.54, 1.807) is 40.7 Å². The van der Waals surface area contributed by atoms with E-state index < -0.39 is 10.0 Å². The molecule has 0 spiro atoms. The highest BCUT2D eigenvalue weighted by atomic mass is 32.2. The number of amides is 1. The fraction of sp³-hybridized carbons (Fsp3) is 0.263. The number of carbonyl (C=O) groups excluding carboxylic acids is 1. The minimum atomic E-state index is -3.50. The highest BCUT2D eigenvalue weighted by Crippen LogP contribution is 2.30. The number of nitrogens with one attached hydrogen (secondary N) is 1. The fourth-order valence-corrected chi connectivity index (χ4v) is 5.59. The van der Waals surface area contributed by atoms with Gasteiger partial charge < -0.3 is 4.42 Å². The molecule has 1 aliphatic heterocycles. The third-order valence-electron chi connectivity index (χ3n) is 4.48. The van der Waals surface area contributed by atoms with Crippen LogP contribution in [0.15, 0.2) is 52.0 Å². The van der Waals surface area contributed by atoms with Crippen LogP contribution in [0.2, 0.25) is 0 Å². The molecule has 0 aliphatic carbocycles. The van der Waals surface area contributed by atoms with E-state index in [9.17, 15) is 13.2 Å². The summed E-state index contributed by atoms with van der Waals surface area (Å²) >= 11 is 1.24. The number of sulfonamides is 1. The molecule has 1 aliphatic rings. The molecule has 28 heavy (non-hydrogen) atoms. The maximum absolute atomic E-state index is 12.8. The zero-order valence-electron chi connectivity index (χ0n) is 15.0. The van der Waals surface area contributed by atoms with E-state index in [2.05, 4.69) is 10.3 Å². The molecule has 3 heterocycles. The van der Waals surface area contributed by atoms with Gasteiger partial charge in [0, 0.05) is 19.2 Å². The second-order valence-electron chi connectivity index (χ2n) is 6.45. The van der Waals surface area contributed by atoms with Crippen molar-refractivity contribution < 1.29 is 17.6 Å². The highest BCUT2D eigenvalue weighted by molar-refractivity contribution is 7.89. The summed E-state index contributed by atoms with van der Waals surface area (Å²) in [6.07, 6.45) is 7.30. The highest BCUT2D eigenvalue weighted by Gasteiger charge is 2.26. The van der Waals surface area contributed by atoms with E-state index in [1.165, 1.54) is 23.7 Å². The van der Waals surface area contributed by atoms with Crippen molar-refractivity contribution in [3.63, 3.8) is 0 Å². The van der Waals surface area contributed by atoms with Gasteiger partial charge in [-0.25, -0.2) is 13.4 Å². The van der Waals surface area contributed by atoms with Gasteiger partial charge in [0.05, 0.1) is 21.4 Å². The number of benzene rings is 1. The minimum Gasteiger partial charge on any atom is -0.465 e. The number of carbonyl (C=O) groups is 1. The van der Waals surface area contributed by atoms with Crippen LogP contribution in [0.4, 0.5) is 5.13 Å². The molecular formula is C19H19N3O4S2. The average Bonchev–Trinajstić information content (AvgIpc) is 3.35. The van der Waals surface area contributed by atoms with Crippen LogP contribution in [0.5, 0.6) is 0 Å². The second-order valence-corrected chi connectivity index (χ2v) is 9.42. The largest absolute Gasteiger partial charge is 0.465 e. The Bertz CT molecular complexity index is 1110. The van der Waals surface area contributed by atoms with Crippen molar-refractivity contribution in [2.24, 2.45) is 0 Å². The fourth-order valence-electron chi connectivity index (χ4n) is 3.06. The van der Waals surface area contributed by atoms with Crippen molar-refractivity contribution in [2.75, 3.05) is 18.4 Å². The number of nitrogens with zero attached hydrogens (tertiary/aromatic N) is 2. The normalized spacial score (nSPS) is 16.0. The van der Waals surface area contributed by atoms with E-state index >= 15 is 0 Å². The van der Waals surface area contributed by atoms with Gasteiger partial charge in [-0.15, -0.1) is 0 Å². The number of rotatable bonds is 5. The maximum Gasteiger partial charge on any atom is 0.250 e. The van der Waals surface area contributed by atoms with Crippen LogP contribution in [0.3, 0.4) is 0 Å². The lowest BCUT2D eigenvalue weighted by Gasteiger charge is -2.25. The summed E-state index contributed by atoms with van der Waals surface area (Å²) in [6, 6.07) is 8.36. The van der Waals surface area contributed by atoms with Crippen LogP contribution < -0.4 is 5.32 Å². The standard InChI is InChI=1S/C19H19N3O4S2/c23-18(9-6-14-5-4-12-26-14)21-19-20-16-8-7-15(13-17(16)27-19)28(24,25)22-10-2-1-3-11-22/h4-9,12-13H,1-3,10-11H2,(H,20,21,23)/b9-6+. The molecule has 3 aromatic rings. The topological polar surface area (TPSA) is 92.5 Å². The number of thiazole rings is 1. The first-order chi connectivity index (χ1) is 13.5. The Hall–Kier alpha value is -2.49. The molecule has 0 saturated carbocycles. The van der Waals surface area contributed by atoms with Crippen molar-refractivity contribution in [1.82, 2.24) is 9.29 Å². The van der Waals surface area contributed by atoms with Gasteiger partial charge in [-0.2, -0.15) is 4.31 Å². The minimum absolute atomic E-state index is 0.265. The maximum atomic E-state index is 12.8. The molecule has 0 bridgehead atoms. The van der Waals surface area contributed by atoms with Gasteiger partial charge in [-0.3, -0.25) is 10.1 Å². The van der Waals surface area contributed by atoms with Crippen molar-refractivity contribution in [3.8, 4) is 0 Å². The lowest BCUT2D eigenvalue weighted by Crippen LogP contribution is -2.35. The first kappa shape index (κ1) is 18.9. The predicted octanol–water partition coefficient (Wildman–Crippen LogP) is 3.72. The summed E-state index contributed by atoms with van der Waals surface area (Å²) in [5, 5.41) is 3.11. The molecule has 0 radical (unpaired) electrons. The Morgan fingerprint density at radius 2 is 2.04 bits per heavy atom. The van der Waals surface area contributed by atoms with E-state index in [0.717, 1.165) is 19.3 Å². The quantitative estimate of drug-likeness (QED) is 0.639. The zero-order valence-corrected chi connectivity index (χ0v) is 16.6. The van der Waals surface area contributed by atoms with Crippen molar-refractivity contribution in [2.45, 2.75) is 24.2 Å². The molecule has 1 aromatic carbocycles. The predicted molar refractivity (Wildman–Crippen MR) is 109 cm³/mol. The third kappa shape index (κ3) is 4.01. The van der Waals surface area contributed by atoms with Crippen molar-refractivity contribution in [1.29, 1.82) is 0 Å². The summed E-state index contributed by atoms with van der Waals surface area (Å²) in [7, 11) is -3.50. The lowest BCUT2D eigenvalue weighted by atomic mass is 10.2. The van der Waals surface area contributed by atoms with Gasteiger partial charge in [0.15, 0.2) is 5.13 Å². The van der Waals surface area contributed by atoms with Crippen LogP contribution in [-0.4, -0.2) is 36.7 Å². The van der Waals surface area contributed by atoms with E-state index in [1.807, 2.05) is 0 Å². The Morgan fingerprint density at radius 1 is 1.21 bits per heavy atom. The first-order valence-electron chi connectivity index (χ1n) is 8.96. The summed E-state index contributed by atoms with van der Waals surface area (Å²) in [5.74, 6) is 0.239. The third-order valence-corrected chi connectivity index (χ3v) is 7.31. The van der Waals surface area contributed by atoms with Crippen LogP contribution in [-0.2, 0) is 14.8 Å². The number of furan rings is 1. The van der Waals surface area contributed by atoms with Crippen LogP contribution in [0.25, 0.3) is 16.3 Å². The van der Waals surface area contributed by atoms with E-state index in [4.69, 9.17) is 4.42 Å². The van der Waals surface area contributed by atoms with E-state index in [0.29, 0.717) is 34.2 Å². The molecule has 4 rings (SSSR count). The van der Waals surface area contributed by atoms with Gasteiger partial charge >= 0.3 is 0 Å². The van der Waals surface area contributed by atoms with Gasteiger partial charge in [-0.1, -0.05) is 17.8 Å². The number of anilines is 1. The molecule has 1 amide bonds. The number of hydrogen-bond acceptors (Lipinski definition) is 6. The SMILES string of the molecule is O=C(/C=C/c1ccco1)Nc1nc2ccc(S(=O)(=O)N3CCCCC3)cc2s1. The Morgan fingerprint density at radius 3 is 2.79 bits per heavy atom. The Balaban J connectivity index is 1.52.